The summed E-state index contributed by atoms with van der Waals surface area (Å²) in [5, 5.41) is 9.82. The Labute approximate surface area is 148 Å². The number of nitrogens with one attached hydrogen (secondary N) is 1. The zero-order valence-electron chi connectivity index (χ0n) is 14.8. The highest BCUT2D eigenvalue weighted by atomic mass is 32.1. The van der Waals surface area contributed by atoms with Gasteiger partial charge in [-0.05, 0) is 54.3 Å². The number of aromatic amines is 1. The van der Waals surface area contributed by atoms with Gasteiger partial charge in [0.05, 0.1) is 0 Å². The van der Waals surface area contributed by atoms with Crippen molar-refractivity contribution in [2.24, 2.45) is 17.3 Å². The van der Waals surface area contributed by atoms with E-state index in [0.29, 0.717) is 11.3 Å². The minimum atomic E-state index is 0.388. The summed E-state index contributed by atoms with van der Waals surface area (Å²) in [6, 6.07) is 0. The molecule has 5 heteroatoms. The normalized spacial score (nSPS) is 18.4. The van der Waals surface area contributed by atoms with Gasteiger partial charge in [-0.3, -0.25) is 9.67 Å². The van der Waals surface area contributed by atoms with Gasteiger partial charge in [0.2, 0.25) is 0 Å². The molecule has 126 valence electrons. The standard InChI is InChI=1S/C18H27N3S2/c1-11(2)9-21-16(19-20-17(21)22)14-10-23-15-8-12(18(3,4)5)6-7-13(14)15/h10-12H,6-9H2,1-5H3,(H,20,22). The second-order valence-electron chi connectivity index (χ2n) is 8.21. The molecular weight excluding hydrogens is 322 g/mol. The van der Waals surface area contributed by atoms with E-state index >= 15 is 0 Å². The van der Waals surface area contributed by atoms with E-state index in [1.165, 1.54) is 24.0 Å². The quantitative estimate of drug-likeness (QED) is 0.745. The van der Waals surface area contributed by atoms with Crippen molar-refractivity contribution >= 4 is 23.6 Å². The number of fused-ring (bicyclic) bond motifs is 1. The van der Waals surface area contributed by atoms with E-state index < -0.39 is 0 Å². The van der Waals surface area contributed by atoms with E-state index in [1.807, 2.05) is 11.3 Å². The fourth-order valence-corrected chi connectivity index (χ4v) is 4.86. The lowest BCUT2D eigenvalue weighted by molar-refractivity contribution is 0.218. The van der Waals surface area contributed by atoms with Gasteiger partial charge in [-0.15, -0.1) is 11.3 Å². The van der Waals surface area contributed by atoms with Crippen LogP contribution in [-0.2, 0) is 19.4 Å². The first kappa shape index (κ1) is 16.9. The highest BCUT2D eigenvalue weighted by molar-refractivity contribution is 7.71. The fourth-order valence-electron chi connectivity index (χ4n) is 3.50. The SMILES string of the molecule is CC(C)Cn1c(-c2csc3c2CCC(C(C)(C)C)C3)n[nH]c1=S. The molecule has 3 rings (SSSR count). The number of aromatic nitrogens is 3. The molecule has 0 aliphatic heterocycles. The fraction of sp³-hybridized carbons (Fsp3) is 0.667. The average Bonchev–Trinajstić information content (AvgIpc) is 3.01. The van der Waals surface area contributed by atoms with Crippen molar-refractivity contribution < 1.29 is 0 Å². The summed E-state index contributed by atoms with van der Waals surface area (Å²) >= 11 is 7.34. The molecule has 1 atom stereocenters. The Morgan fingerprint density at radius 3 is 2.83 bits per heavy atom. The molecule has 0 saturated carbocycles. The summed E-state index contributed by atoms with van der Waals surface area (Å²) in [5.41, 5.74) is 3.19. The maximum Gasteiger partial charge on any atom is 0.195 e. The van der Waals surface area contributed by atoms with Gasteiger partial charge in [0.1, 0.15) is 0 Å². The first-order valence-electron chi connectivity index (χ1n) is 8.52. The number of nitrogens with zero attached hydrogens (tertiary/aromatic N) is 2. The molecule has 1 unspecified atom stereocenters. The number of hydrogen-bond acceptors (Lipinski definition) is 3. The minimum absolute atomic E-state index is 0.388. The van der Waals surface area contributed by atoms with Gasteiger partial charge in [-0.1, -0.05) is 34.6 Å². The van der Waals surface area contributed by atoms with Crippen LogP contribution in [0.15, 0.2) is 5.38 Å². The Balaban J connectivity index is 1.96. The topological polar surface area (TPSA) is 33.6 Å². The molecule has 3 nitrogen and oxygen atoms in total. The maximum absolute atomic E-state index is 5.44. The second kappa shape index (κ2) is 6.17. The molecule has 2 heterocycles. The van der Waals surface area contributed by atoms with Crippen molar-refractivity contribution in [1.29, 1.82) is 0 Å². The van der Waals surface area contributed by atoms with E-state index in [2.05, 4.69) is 54.8 Å². The predicted molar refractivity (Wildman–Crippen MR) is 101 cm³/mol. The Bertz CT molecular complexity index is 743. The molecule has 1 aliphatic carbocycles. The van der Waals surface area contributed by atoms with Crippen LogP contribution in [0.4, 0.5) is 0 Å². The van der Waals surface area contributed by atoms with Crippen molar-refractivity contribution in [3.8, 4) is 11.4 Å². The van der Waals surface area contributed by atoms with Gasteiger partial charge in [0, 0.05) is 22.4 Å². The lowest BCUT2D eigenvalue weighted by Gasteiger charge is -2.34. The van der Waals surface area contributed by atoms with Gasteiger partial charge in [-0.2, -0.15) is 5.10 Å². The van der Waals surface area contributed by atoms with Crippen LogP contribution in [0.2, 0.25) is 0 Å². The molecule has 1 aliphatic rings. The number of H-pyrrole nitrogens is 1. The first-order valence-corrected chi connectivity index (χ1v) is 9.81. The Morgan fingerprint density at radius 1 is 1.43 bits per heavy atom. The monoisotopic (exact) mass is 349 g/mol. The van der Waals surface area contributed by atoms with Gasteiger partial charge in [0.25, 0.3) is 0 Å². The Morgan fingerprint density at radius 2 is 2.17 bits per heavy atom. The molecule has 1 N–H and O–H groups in total. The van der Waals surface area contributed by atoms with Crippen molar-refractivity contribution in [1.82, 2.24) is 14.8 Å². The number of hydrogen-bond donors (Lipinski definition) is 1. The van der Waals surface area contributed by atoms with Gasteiger partial charge >= 0.3 is 0 Å². The summed E-state index contributed by atoms with van der Waals surface area (Å²) in [4.78, 5) is 1.55. The molecule has 2 aromatic rings. The number of rotatable bonds is 3. The third-order valence-electron chi connectivity index (χ3n) is 4.93. The predicted octanol–water partition coefficient (Wildman–Crippen LogP) is 5.48. The van der Waals surface area contributed by atoms with Crippen LogP contribution in [0.25, 0.3) is 11.4 Å². The zero-order chi connectivity index (χ0) is 16.8. The van der Waals surface area contributed by atoms with Crippen molar-refractivity contribution in [2.45, 2.75) is 60.4 Å². The third kappa shape index (κ3) is 3.31. The molecule has 0 amide bonds. The van der Waals surface area contributed by atoms with Crippen molar-refractivity contribution in [3.63, 3.8) is 0 Å². The summed E-state index contributed by atoms with van der Waals surface area (Å²) in [7, 11) is 0. The number of thiophene rings is 1. The lowest BCUT2D eigenvalue weighted by atomic mass is 9.72. The summed E-state index contributed by atoms with van der Waals surface area (Å²) in [6.45, 7) is 12.5. The molecular formula is C18H27N3S2. The summed E-state index contributed by atoms with van der Waals surface area (Å²) < 4.78 is 2.90. The third-order valence-corrected chi connectivity index (χ3v) is 6.29. The smallest absolute Gasteiger partial charge is 0.195 e. The molecule has 0 bridgehead atoms. The first-order chi connectivity index (χ1) is 10.8. The molecule has 23 heavy (non-hydrogen) atoms. The zero-order valence-corrected chi connectivity index (χ0v) is 16.4. The Hall–Kier alpha value is -0.940. The van der Waals surface area contributed by atoms with Crippen LogP contribution in [0, 0.1) is 22.0 Å². The van der Waals surface area contributed by atoms with Crippen LogP contribution in [0.3, 0.4) is 0 Å². The Kier molecular flexibility index (Phi) is 4.53. The van der Waals surface area contributed by atoms with Crippen molar-refractivity contribution in [2.75, 3.05) is 0 Å². The molecule has 2 aromatic heterocycles. The molecule has 0 radical (unpaired) electrons. The van der Waals surface area contributed by atoms with Crippen LogP contribution in [-0.4, -0.2) is 14.8 Å². The van der Waals surface area contributed by atoms with Crippen LogP contribution >= 0.6 is 23.6 Å². The average molecular weight is 350 g/mol. The maximum atomic E-state index is 5.44. The summed E-state index contributed by atoms with van der Waals surface area (Å²) in [6.07, 6.45) is 3.64. The highest BCUT2D eigenvalue weighted by Crippen LogP contribution is 2.42. The summed E-state index contributed by atoms with van der Waals surface area (Å²) in [5.74, 6) is 2.35. The van der Waals surface area contributed by atoms with E-state index in [9.17, 15) is 0 Å². The van der Waals surface area contributed by atoms with Crippen LogP contribution < -0.4 is 0 Å². The molecule has 0 fully saturated rings. The van der Waals surface area contributed by atoms with E-state index in [0.717, 1.165) is 29.5 Å². The molecule has 0 aromatic carbocycles. The van der Waals surface area contributed by atoms with E-state index in [-0.39, 0.29) is 0 Å². The van der Waals surface area contributed by atoms with Crippen molar-refractivity contribution in [3.05, 3.63) is 20.6 Å². The minimum Gasteiger partial charge on any atom is -0.300 e. The largest absolute Gasteiger partial charge is 0.300 e. The lowest BCUT2D eigenvalue weighted by Crippen LogP contribution is -2.26. The van der Waals surface area contributed by atoms with Crippen LogP contribution in [0.5, 0.6) is 0 Å². The van der Waals surface area contributed by atoms with E-state index in [4.69, 9.17) is 12.2 Å². The second-order valence-corrected chi connectivity index (χ2v) is 9.56. The highest BCUT2D eigenvalue weighted by Gasteiger charge is 2.31. The van der Waals surface area contributed by atoms with E-state index in [1.54, 1.807) is 4.88 Å². The van der Waals surface area contributed by atoms with Crippen LogP contribution in [0.1, 0.15) is 51.5 Å². The molecule has 0 saturated heterocycles. The van der Waals surface area contributed by atoms with Gasteiger partial charge < -0.3 is 0 Å². The van der Waals surface area contributed by atoms with Gasteiger partial charge in [-0.25, -0.2) is 0 Å². The van der Waals surface area contributed by atoms with Gasteiger partial charge in [0.15, 0.2) is 10.6 Å². The molecule has 0 spiro atoms.